The number of ether oxygens (including phenoxy) is 1. The molecule has 4 aliphatic rings. The van der Waals surface area contributed by atoms with Gasteiger partial charge in [0.1, 0.15) is 6.10 Å². The summed E-state index contributed by atoms with van der Waals surface area (Å²) in [6, 6.07) is 7.93. The summed E-state index contributed by atoms with van der Waals surface area (Å²) in [5.74, 6) is -0.240. The number of nitrogens with zero attached hydrogens (tertiary/aromatic N) is 1. The third kappa shape index (κ3) is 7.73. The van der Waals surface area contributed by atoms with Gasteiger partial charge in [0.25, 0.3) is 0 Å². The van der Waals surface area contributed by atoms with Crippen LogP contribution in [0.2, 0.25) is 5.02 Å². The second-order valence-corrected chi connectivity index (χ2v) is 20.3. The molecule has 0 saturated heterocycles. The van der Waals surface area contributed by atoms with E-state index in [0.717, 1.165) is 80.5 Å². The van der Waals surface area contributed by atoms with Gasteiger partial charge in [-0.3, -0.25) is 19.3 Å². The molecule has 0 aromatic heterocycles. The molecule has 0 amide bonds. The molecule has 4 aliphatic carbocycles. The first-order valence-electron chi connectivity index (χ1n) is 21.0. The van der Waals surface area contributed by atoms with Crippen LogP contribution in [0.25, 0.3) is 0 Å². The van der Waals surface area contributed by atoms with Crippen LogP contribution in [0.15, 0.2) is 35.4 Å². The van der Waals surface area contributed by atoms with Gasteiger partial charge < -0.3 is 14.9 Å². The first-order chi connectivity index (χ1) is 25.2. The molecule has 302 valence electrons. The van der Waals surface area contributed by atoms with E-state index in [-0.39, 0.29) is 52.3 Å². The number of carboxylic acid groups (broad SMARTS) is 1. The number of hydrogen-bond acceptors (Lipinski definition) is 6. The van der Waals surface area contributed by atoms with Crippen LogP contribution in [0.1, 0.15) is 145 Å². The van der Waals surface area contributed by atoms with Crippen molar-refractivity contribution in [2.75, 3.05) is 13.1 Å². The van der Waals surface area contributed by atoms with Gasteiger partial charge in [-0.05, 0) is 129 Å². The van der Waals surface area contributed by atoms with Gasteiger partial charge in [-0.1, -0.05) is 97.2 Å². The van der Waals surface area contributed by atoms with E-state index in [9.17, 15) is 24.6 Å². The minimum absolute atomic E-state index is 0.0186. The van der Waals surface area contributed by atoms with Crippen molar-refractivity contribution in [3.8, 4) is 0 Å². The van der Waals surface area contributed by atoms with E-state index in [1.807, 2.05) is 18.2 Å². The van der Waals surface area contributed by atoms with Crippen LogP contribution in [0.4, 0.5) is 0 Å². The Hall–Kier alpha value is -2.22. The van der Waals surface area contributed by atoms with Gasteiger partial charge in [0.2, 0.25) is 0 Å². The third-order valence-electron chi connectivity index (χ3n) is 15.6. The van der Waals surface area contributed by atoms with E-state index in [2.05, 4.69) is 66.4 Å². The van der Waals surface area contributed by atoms with E-state index < -0.39 is 28.9 Å². The van der Waals surface area contributed by atoms with Gasteiger partial charge in [-0.25, -0.2) is 0 Å². The van der Waals surface area contributed by atoms with Crippen molar-refractivity contribution >= 4 is 29.3 Å². The number of likely N-dealkylation sites (N-methyl/N-ethyl adjacent to an activating group) is 1. The van der Waals surface area contributed by atoms with E-state index in [4.69, 9.17) is 16.3 Å². The number of benzene rings is 1. The predicted molar refractivity (Wildman–Crippen MR) is 216 cm³/mol. The van der Waals surface area contributed by atoms with Crippen molar-refractivity contribution < 1.29 is 29.3 Å². The zero-order chi connectivity index (χ0) is 40.0. The molecule has 3 saturated carbocycles. The first-order valence-corrected chi connectivity index (χ1v) is 21.4. The van der Waals surface area contributed by atoms with Gasteiger partial charge in [0, 0.05) is 29.9 Å². The topological polar surface area (TPSA) is 104 Å². The van der Waals surface area contributed by atoms with Gasteiger partial charge in [0.05, 0.1) is 17.9 Å². The van der Waals surface area contributed by atoms with Crippen molar-refractivity contribution in [2.24, 2.45) is 50.7 Å². The molecule has 54 heavy (non-hydrogen) atoms. The summed E-state index contributed by atoms with van der Waals surface area (Å²) in [6.07, 6.45) is 8.39. The van der Waals surface area contributed by atoms with Crippen molar-refractivity contribution in [3.63, 3.8) is 0 Å². The number of carbonyl (C=O) groups is 3. The highest BCUT2D eigenvalue weighted by molar-refractivity contribution is 6.31. The van der Waals surface area contributed by atoms with Gasteiger partial charge in [-0.15, -0.1) is 0 Å². The average molecular weight is 769 g/mol. The minimum Gasteiger partial charge on any atom is -0.481 e. The van der Waals surface area contributed by atoms with Crippen LogP contribution in [0.5, 0.6) is 0 Å². The molecule has 5 rings (SSSR count). The Morgan fingerprint density at radius 1 is 1.02 bits per heavy atom. The predicted octanol–water partition coefficient (Wildman–Crippen LogP) is 10.3. The van der Waals surface area contributed by atoms with Crippen LogP contribution in [-0.2, 0) is 25.7 Å². The lowest BCUT2D eigenvalue weighted by atomic mass is 9.36. The Kier molecular flexibility index (Phi) is 12.7. The second kappa shape index (κ2) is 16.0. The average Bonchev–Trinajstić information content (AvgIpc) is 3.40. The summed E-state index contributed by atoms with van der Waals surface area (Å²) in [6.45, 7) is 23.2. The summed E-state index contributed by atoms with van der Waals surface area (Å²) in [4.78, 5) is 41.1. The highest BCUT2D eigenvalue weighted by Gasteiger charge is 2.67. The SMILES string of the molecule is CCN(Cc1ccccc1Cl)CC(O)C12CCC3(C)C(CCC4C(C)(CCC(OC(=O)CC(C)(C)C(=O)O)C(C)C)CCCC43C)C1=C(C(C)C)C(=O)C2. The van der Waals surface area contributed by atoms with Gasteiger partial charge >= 0.3 is 11.9 Å². The van der Waals surface area contributed by atoms with Crippen LogP contribution in [0.3, 0.4) is 0 Å². The van der Waals surface area contributed by atoms with Crippen molar-refractivity contribution in [1.82, 2.24) is 4.90 Å². The fourth-order valence-corrected chi connectivity index (χ4v) is 12.3. The Morgan fingerprint density at radius 3 is 2.31 bits per heavy atom. The maximum atomic E-state index is 14.2. The number of esters is 1. The molecule has 1 aromatic rings. The van der Waals surface area contributed by atoms with Gasteiger partial charge in [-0.2, -0.15) is 0 Å². The lowest BCUT2D eigenvalue weighted by Gasteiger charge is -2.68. The summed E-state index contributed by atoms with van der Waals surface area (Å²) in [5.41, 5.74) is 1.72. The van der Waals surface area contributed by atoms with Crippen LogP contribution in [-0.4, -0.2) is 58.1 Å². The van der Waals surface area contributed by atoms with Crippen molar-refractivity contribution in [3.05, 3.63) is 46.0 Å². The number of aliphatic carboxylic acids is 1. The first kappa shape index (κ1) is 42.9. The molecular formula is C46H70ClNO6. The van der Waals surface area contributed by atoms with Crippen LogP contribution >= 0.6 is 11.6 Å². The standard InChI is InChI=1S/C46H70ClNO6/c1-11-48(27-31-15-12-13-16-33(31)47)28-37(50)46-24-23-44(9)32(40(46)39(30(4)5)34(49)25-46)17-18-36-43(8,20-14-21-45(36,44)10)22-19-35(29(2)3)54-38(51)26-42(6,7)41(52)53/h12-13,15-16,29-30,32,35-37,50H,11,14,17-28H2,1-10H3,(H,52,53). The lowest BCUT2D eigenvalue weighted by Crippen LogP contribution is -2.62. The molecule has 7 nitrogen and oxygen atoms in total. The van der Waals surface area contributed by atoms with E-state index in [1.165, 1.54) is 5.57 Å². The number of carbonyl (C=O) groups excluding carboxylic acids is 2. The fourth-order valence-electron chi connectivity index (χ4n) is 12.1. The third-order valence-corrected chi connectivity index (χ3v) is 15.9. The summed E-state index contributed by atoms with van der Waals surface area (Å²) >= 11 is 6.57. The number of carboxylic acids is 1. The molecule has 0 aliphatic heterocycles. The van der Waals surface area contributed by atoms with Crippen LogP contribution < -0.4 is 0 Å². The van der Waals surface area contributed by atoms with Crippen molar-refractivity contribution in [1.29, 1.82) is 0 Å². The van der Waals surface area contributed by atoms with Gasteiger partial charge in [0.15, 0.2) is 5.78 Å². The molecule has 0 bridgehead atoms. The Balaban J connectivity index is 1.41. The number of allylic oxidation sites excluding steroid dienone is 1. The number of Topliss-reactive ketones (excluding diaryl/α,β-unsaturated/α-hetero) is 1. The monoisotopic (exact) mass is 767 g/mol. The second-order valence-electron chi connectivity index (χ2n) is 19.9. The molecule has 1 aromatic carbocycles. The Bertz CT molecular complexity index is 1600. The maximum Gasteiger partial charge on any atom is 0.309 e. The number of halogens is 1. The molecule has 8 unspecified atom stereocenters. The molecule has 3 fully saturated rings. The zero-order valence-corrected chi connectivity index (χ0v) is 35.8. The van der Waals surface area contributed by atoms with E-state index >= 15 is 0 Å². The Morgan fingerprint density at radius 2 is 1.70 bits per heavy atom. The molecular weight excluding hydrogens is 698 g/mol. The highest BCUT2D eigenvalue weighted by atomic mass is 35.5. The number of aliphatic hydroxyl groups is 1. The lowest BCUT2D eigenvalue weighted by molar-refractivity contribution is -0.178. The summed E-state index contributed by atoms with van der Waals surface area (Å²) < 4.78 is 6.03. The van der Waals surface area contributed by atoms with Crippen molar-refractivity contribution in [2.45, 2.75) is 159 Å². The number of rotatable bonds is 15. The number of ketones is 1. The molecule has 8 heteroatoms. The summed E-state index contributed by atoms with van der Waals surface area (Å²) in [7, 11) is 0. The molecule has 0 radical (unpaired) electrons. The highest BCUT2D eigenvalue weighted by Crippen LogP contribution is 2.74. The zero-order valence-electron chi connectivity index (χ0n) is 35.0. The normalized spacial score (nSPS) is 32.4. The number of fused-ring (bicyclic) bond motifs is 5. The van der Waals surface area contributed by atoms with E-state index in [1.54, 1.807) is 13.8 Å². The quantitative estimate of drug-likeness (QED) is 0.171. The molecule has 0 heterocycles. The smallest absolute Gasteiger partial charge is 0.309 e. The molecule has 2 N–H and O–H groups in total. The van der Waals surface area contributed by atoms with Crippen LogP contribution in [0, 0.1) is 50.7 Å². The summed E-state index contributed by atoms with van der Waals surface area (Å²) in [5, 5.41) is 22.8. The molecule has 0 spiro atoms. The fraction of sp³-hybridized carbons (Fsp3) is 0.761. The minimum atomic E-state index is -1.17. The number of aliphatic hydroxyl groups excluding tert-OH is 1. The molecule has 8 atom stereocenters. The van der Waals surface area contributed by atoms with E-state index in [0.29, 0.717) is 25.4 Å². The number of hydrogen-bond donors (Lipinski definition) is 2. The maximum absolute atomic E-state index is 14.2. The largest absolute Gasteiger partial charge is 0.481 e. The Labute approximate surface area is 331 Å².